The molecule has 0 radical (unpaired) electrons. The molecule has 2 fully saturated rings. The Bertz CT molecular complexity index is 1090. The van der Waals surface area contributed by atoms with E-state index in [1.807, 2.05) is 0 Å². The number of hydrogen-bond donors (Lipinski definition) is 0. The lowest BCUT2D eigenvalue weighted by Gasteiger charge is -2.57. The fourth-order valence-electron chi connectivity index (χ4n) is 4.33. The number of methoxy groups -OCH3 is 1. The molecule has 2 aliphatic heterocycles. The number of hydrogen-bond acceptors (Lipinski definition) is 4. The molecule has 0 aromatic heterocycles. The van der Waals surface area contributed by atoms with Crippen LogP contribution >= 0.6 is 0 Å². The van der Waals surface area contributed by atoms with E-state index in [1.165, 1.54) is 12.1 Å². The fraction of sp³-hybridized carbons (Fsp3) is 0.611. The molecule has 2 aliphatic carbocycles. The molecule has 4 atom stereocenters. The third-order valence-corrected chi connectivity index (χ3v) is 5.23. The van der Waals surface area contributed by atoms with Crippen LogP contribution in [0.25, 0.3) is 0 Å². The second-order valence-electron chi connectivity index (χ2n) is 6.05. The Balaban J connectivity index is 1.87. The van der Waals surface area contributed by atoms with Crippen molar-refractivity contribution in [1.82, 2.24) is 4.90 Å². The van der Waals surface area contributed by atoms with Gasteiger partial charge in [-0.05, 0) is 50.3 Å². The summed E-state index contributed by atoms with van der Waals surface area (Å²) in [6, 6.07) is 0.490. The van der Waals surface area contributed by atoms with Crippen LogP contribution in [-0.2, 0) is 16.6 Å². The summed E-state index contributed by atoms with van der Waals surface area (Å²) in [5.74, 6) is -4.03. The summed E-state index contributed by atoms with van der Waals surface area (Å²) in [5.41, 5.74) is -1.37. The Labute approximate surface area is 145 Å². The molecule has 1 saturated heterocycles. The Hall–Kier alpha value is -1.55. The van der Waals surface area contributed by atoms with E-state index in [-0.39, 0.29) is 36.4 Å². The first kappa shape index (κ1) is 6.16. The Morgan fingerprint density at radius 3 is 3.41 bits per heavy atom. The first-order chi connectivity index (χ1) is 14.8. The lowest BCUT2D eigenvalue weighted by molar-refractivity contribution is -0.138. The lowest BCUT2D eigenvalue weighted by Crippen LogP contribution is -2.65. The van der Waals surface area contributed by atoms with Crippen LogP contribution in [0.4, 0.5) is 0 Å². The Kier molecular flexibility index (Phi) is 1.13. The molecular formula is C18H21NO3. The number of likely N-dealkylation sites (N-methyl/N-ethyl adjacent to an activating group) is 1. The van der Waals surface area contributed by atoms with Gasteiger partial charge in [0.2, 0.25) is 0 Å². The minimum absolute atomic E-state index is 0.172. The van der Waals surface area contributed by atoms with Gasteiger partial charge in [-0.2, -0.15) is 0 Å². The second-order valence-corrected chi connectivity index (χ2v) is 6.05. The molecule has 1 unspecified atom stereocenters. The van der Waals surface area contributed by atoms with Crippen LogP contribution in [0.1, 0.15) is 45.4 Å². The van der Waals surface area contributed by atoms with Gasteiger partial charge in [-0.15, -0.1) is 0 Å². The quantitative estimate of drug-likeness (QED) is 0.794. The van der Waals surface area contributed by atoms with E-state index in [0.717, 1.165) is 4.90 Å². The average molecular weight is 310 g/mol. The summed E-state index contributed by atoms with van der Waals surface area (Å²) in [4.78, 5) is 14.2. The first-order valence-electron chi connectivity index (χ1n) is 12.7. The maximum atomic E-state index is 13.3. The van der Waals surface area contributed by atoms with Crippen molar-refractivity contribution < 1.29 is 29.3 Å². The largest absolute Gasteiger partial charge is 0.493 e. The number of piperidine rings is 1. The number of Topliss-reactive ketones (excluding diaryl/α,β-unsaturated/α-hetero) is 1. The van der Waals surface area contributed by atoms with E-state index in [9.17, 15) is 7.54 Å². The van der Waals surface area contributed by atoms with Crippen molar-refractivity contribution in [2.75, 3.05) is 20.6 Å². The van der Waals surface area contributed by atoms with Crippen LogP contribution in [-0.4, -0.2) is 43.3 Å². The summed E-state index contributed by atoms with van der Waals surface area (Å²) in [5, 5.41) is 0. The maximum absolute atomic E-state index is 13.3. The highest BCUT2D eigenvalue weighted by Gasteiger charge is 2.65. The molecule has 2 heterocycles. The number of benzene rings is 1. The predicted molar refractivity (Wildman–Crippen MR) is 81.6 cm³/mol. The maximum Gasteiger partial charge on any atom is 0.174 e. The summed E-state index contributed by atoms with van der Waals surface area (Å²) < 4.78 is 102. The highest BCUT2D eigenvalue weighted by atomic mass is 16.5. The molecule has 116 valence electrons. The van der Waals surface area contributed by atoms with E-state index in [2.05, 4.69) is 0 Å². The Morgan fingerprint density at radius 1 is 1.59 bits per heavy atom. The third-order valence-electron chi connectivity index (χ3n) is 5.23. The smallest absolute Gasteiger partial charge is 0.174 e. The number of ether oxygens (including phenoxy) is 2. The van der Waals surface area contributed by atoms with Crippen LogP contribution in [0.5, 0.6) is 11.5 Å². The highest BCUT2D eigenvalue weighted by Crippen LogP contribution is 2.62. The standard InChI is InChI=1S/C18H21NO3/c1-19-8-7-18-11-4-5-13(20)17(18)22-16-14(21-2)6-3-10(15(16)18)9-12(11)19/h3,6,11-12,17H,4-5,7-9H2,1-2H3/t11-,12+,17?,18-/m0/s1/i1D3,2D3,5D2,11D,12D,17D. The fourth-order valence-corrected chi connectivity index (χ4v) is 4.33. The SMILES string of the molecule is [2H]C([2H])([2H])Oc1ccc2c3c1OC1([2H])C(=O)C([2H])([2H])C[C@@]4([2H])[C@@]([2H])(C2)N(C([2H])([2H])[2H])CC[C@]314. The van der Waals surface area contributed by atoms with Gasteiger partial charge < -0.3 is 14.4 Å². The van der Waals surface area contributed by atoms with Gasteiger partial charge in [0.25, 0.3) is 0 Å². The van der Waals surface area contributed by atoms with E-state index >= 15 is 0 Å². The zero-order valence-electron chi connectivity index (χ0n) is 22.7. The van der Waals surface area contributed by atoms with Gasteiger partial charge in [0, 0.05) is 33.0 Å². The van der Waals surface area contributed by atoms with Crippen molar-refractivity contribution in [2.24, 2.45) is 5.89 Å². The second kappa shape index (κ2) is 4.05. The molecule has 1 aromatic carbocycles. The first-order valence-corrected chi connectivity index (χ1v) is 7.21. The molecule has 2 bridgehead atoms. The van der Waals surface area contributed by atoms with Crippen LogP contribution in [0, 0.1) is 5.89 Å². The molecule has 1 aromatic rings. The summed E-state index contributed by atoms with van der Waals surface area (Å²) in [6.07, 6.45) is -6.80. The lowest BCUT2D eigenvalue weighted by atomic mass is 9.52. The number of carbonyl (C=O) groups is 1. The number of carbonyl (C=O) groups excluding carboxylic acids is 1. The van der Waals surface area contributed by atoms with E-state index in [4.69, 9.17) is 21.8 Å². The van der Waals surface area contributed by atoms with E-state index < -0.39 is 56.0 Å². The van der Waals surface area contributed by atoms with Crippen molar-refractivity contribution in [3.05, 3.63) is 23.3 Å². The number of rotatable bonds is 1. The van der Waals surface area contributed by atoms with Crippen LogP contribution in [0.3, 0.4) is 0 Å². The minimum atomic E-state index is -2.89. The molecular weight excluding hydrogens is 278 g/mol. The monoisotopic (exact) mass is 310 g/mol. The van der Waals surface area contributed by atoms with Crippen LogP contribution < -0.4 is 9.47 Å². The van der Waals surface area contributed by atoms with Crippen molar-refractivity contribution in [3.8, 4) is 11.5 Å². The molecule has 1 saturated carbocycles. The van der Waals surface area contributed by atoms with E-state index in [1.54, 1.807) is 0 Å². The molecule has 4 nitrogen and oxygen atoms in total. The number of likely N-dealkylation sites (tertiary alicyclic amines) is 1. The molecule has 1 spiro atoms. The summed E-state index contributed by atoms with van der Waals surface area (Å²) in [6.45, 7) is -3.04. The highest BCUT2D eigenvalue weighted by molar-refractivity contribution is 5.89. The zero-order chi connectivity index (χ0) is 24.6. The van der Waals surface area contributed by atoms with Crippen LogP contribution in [0.2, 0.25) is 0 Å². The number of nitrogens with zero attached hydrogens (tertiary/aromatic N) is 1. The molecule has 4 aliphatic rings. The van der Waals surface area contributed by atoms with Gasteiger partial charge in [0.15, 0.2) is 23.4 Å². The summed E-state index contributed by atoms with van der Waals surface area (Å²) >= 11 is 0. The molecule has 22 heavy (non-hydrogen) atoms. The van der Waals surface area contributed by atoms with Gasteiger partial charge in [0.1, 0.15) is 0 Å². The topological polar surface area (TPSA) is 38.8 Å². The molecule has 0 amide bonds. The predicted octanol–water partition coefficient (Wildman–Crippen LogP) is 1.93. The van der Waals surface area contributed by atoms with Gasteiger partial charge in [0.05, 0.1) is 12.5 Å². The molecule has 0 N–H and O–H groups in total. The van der Waals surface area contributed by atoms with Crippen molar-refractivity contribution in [2.45, 2.75) is 43.1 Å². The van der Waals surface area contributed by atoms with Gasteiger partial charge in [-0.1, -0.05) is 6.07 Å². The Morgan fingerprint density at radius 2 is 2.55 bits per heavy atom. The number of ketones is 1. The zero-order valence-corrected chi connectivity index (χ0v) is 11.7. The van der Waals surface area contributed by atoms with E-state index in [0.29, 0.717) is 5.56 Å². The minimum Gasteiger partial charge on any atom is -0.493 e. The third kappa shape index (κ3) is 1.27. The van der Waals surface area contributed by atoms with Crippen molar-refractivity contribution in [3.63, 3.8) is 0 Å². The average Bonchev–Trinajstić information content (AvgIpc) is 2.89. The summed E-state index contributed by atoms with van der Waals surface area (Å²) in [7, 11) is -2.89. The normalized spacial score (nSPS) is 59.3. The van der Waals surface area contributed by atoms with Crippen LogP contribution in [0.15, 0.2) is 12.1 Å². The van der Waals surface area contributed by atoms with Gasteiger partial charge in [-0.3, -0.25) is 4.79 Å². The molecule has 4 heteroatoms. The van der Waals surface area contributed by atoms with Gasteiger partial charge in [-0.25, -0.2) is 0 Å². The van der Waals surface area contributed by atoms with Crippen molar-refractivity contribution in [1.29, 1.82) is 0 Å². The molecule has 5 rings (SSSR count). The van der Waals surface area contributed by atoms with Gasteiger partial charge >= 0.3 is 0 Å². The van der Waals surface area contributed by atoms with Crippen molar-refractivity contribution >= 4 is 5.78 Å².